The molecule has 0 spiro atoms. The maximum Gasteiger partial charge on any atom is 0.255 e. The van der Waals surface area contributed by atoms with Crippen LogP contribution >= 0.6 is 24.2 Å². The molecule has 98 valence electrons. The molecule has 1 aliphatic heterocycles. The van der Waals surface area contributed by atoms with Gasteiger partial charge in [-0.15, -0.1) is 12.6 Å². The van der Waals surface area contributed by atoms with E-state index in [0.717, 1.165) is 30.8 Å². The van der Waals surface area contributed by atoms with Gasteiger partial charge in [0.25, 0.3) is 5.91 Å². The number of amides is 1. The molecular formula is C14H18ClNOS. The van der Waals surface area contributed by atoms with Crippen LogP contribution in [0.4, 0.5) is 0 Å². The number of benzene rings is 1. The maximum atomic E-state index is 12.4. The predicted molar refractivity (Wildman–Crippen MR) is 77.6 cm³/mol. The molecule has 2 rings (SSSR count). The molecule has 1 unspecified atom stereocenters. The van der Waals surface area contributed by atoms with Crippen LogP contribution in [0.3, 0.4) is 0 Å². The third-order valence-electron chi connectivity index (χ3n) is 3.48. The Morgan fingerprint density at radius 1 is 1.39 bits per heavy atom. The number of thiol groups is 1. The van der Waals surface area contributed by atoms with E-state index < -0.39 is 0 Å². The van der Waals surface area contributed by atoms with Gasteiger partial charge in [0.2, 0.25) is 0 Å². The lowest BCUT2D eigenvalue weighted by Crippen LogP contribution is -2.32. The average molecular weight is 284 g/mol. The van der Waals surface area contributed by atoms with Crippen molar-refractivity contribution in [1.82, 2.24) is 4.90 Å². The molecule has 1 aromatic carbocycles. The largest absolute Gasteiger partial charge is 0.339 e. The minimum absolute atomic E-state index is 0.0324. The standard InChI is InChI=1S/C14H18ClNOS/c1-10-3-2-7-16(8-6-10)14(17)12-9-11(18)4-5-13(12)15/h4-5,9-10,18H,2-3,6-8H2,1H3. The molecule has 0 N–H and O–H groups in total. The summed E-state index contributed by atoms with van der Waals surface area (Å²) in [5, 5.41) is 0.509. The van der Waals surface area contributed by atoms with Crippen molar-refractivity contribution in [3.8, 4) is 0 Å². The first-order valence-electron chi connectivity index (χ1n) is 6.35. The Morgan fingerprint density at radius 3 is 2.94 bits per heavy atom. The summed E-state index contributed by atoms with van der Waals surface area (Å²) in [7, 11) is 0. The van der Waals surface area contributed by atoms with Gasteiger partial charge in [-0.25, -0.2) is 0 Å². The van der Waals surface area contributed by atoms with Crippen LogP contribution in [0.2, 0.25) is 5.02 Å². The third kappa shape index (κ3) is 3.21. The molecule has 2 nitrogen and oxygen atoms in total. The van der Waals surface area contributed by atoms with Gasteiger partial charge >= 0.3 is 0 Å². The molecule has 4 heteroatoms. The summed E-state index contributed by atoms with van der Waals surface area (Å²) in [6, 6.07) is 5.28. The molecule has 1 aliphatic rings. The molecule has 18 heavy (non-hydrogen) atoms. The molecule has 1 fully saturated rings. The van der Waals surface area contributed by atoms with Crippen molar-refractivity contribution in [3.63, 3.8) is 0 Å². The van der Waals surface area contributed by atoms with E-state index in [1.165, 1.54) is 6.42 Å². The molecule has 0 aromatic heterocycles. The van der Waals surface area contributed by atoms with E-state index in [-0.39, 0.29) is 5.91 Å². The number of likely N-dealkylation sites (tertiary alicyclic amines) is 1. The smallest absolute Gasteiger partial charge is 0.255 e. The number of halogens is 1. The Balaban J connectivity index is 2.17. The molecule has 0 bridgehead atoms. The van der Waals surface area contributed by atoms with Crippen molar-refractivity contribution in [1.29, 1.82) is 0 Å². The molecule has 0 aliphatic carbocycles. The highest BCUT2D eigenvalue weighted by Gasteiger charge is 2.21. The van der Waals surface area contributed by atoms with Gasteiger partial charge in [0.15, 0.2) is 0 Å². The lowest BCUT2D eigenvalue weighted by atomic mass is 10.0. The Kier molecular flexibility index (Phi) is 4.57. The topological polar surface area (TPSA) is 20.3 Å². The lowest BCUT2D eigenvalue weighted by molar-refractivity contribution is 0.0760. The summed E-state index contributed by atoms with van der Waals surface area (Å²) < 4.78 is 0. The summed E-state index contributed by atoms with van der Waals surface area (Å²) >= 11 is 10.4. The van der Waals surface area contributed by atoms with Gasteiger partial charge in [-0.2, -0.15) is 0 Å². The van der Waals surface area contributed by atoms with Crippen LogP contribution in [0.25, 0.3) is 0 Å². The molecule has 0 radical (unpaired) electrons. The summed E-state index contributed by atoms with van der Waals surface area (Å²) in [4.78, 5) is 15.1. The molecule has 1 saturated heterocycles. The van der Waals surface area contributed by atoms with Gasteiger partial charge in [-0.3, -0.25) is 4.79 Å². The van der Waals surface area contributed by atoms with E-state index in [1.807, 2.05) is 4.90 Å². The van der Waals surface area contributed by atoms with Crippen LogP contribution in [-0.4, -0.2) is 23.9 Å². The van der Waals surface area contributed by atoms with Crippen molar-refractivity contribution in [2.24, 2.45) is 5.92 Å². The van der Waals surface area contributed by atoms with Crippen molar-refractivity contribution in [3.05, 3.63) is 28.8 Å². The summed E-state index contributed by atoms with van der Waals surface area (Å²) in [6.07, 6.45) is 3.35. The average Bonchev–Trinajstić information content (AvgIpc) is 2.56. The summed E-state index contributed by atoms with van der Waals surface area (Å²) in [6.45, 7) is 3.90. The zero-order valence-corrected chi connectivity index (χ0v) is 12.2. The van der Waals surface area contributed by atoms with Crippen LogP contribution in [0.15, 0.2) is 23.1 Å². The quantitative estimate of drug-likeness (QED) is 0.775. The molecule has 1 atom stereocenters. The fraction of sp³-hybridized carbons (Fsp3) is 0.500. The van der Waals surface area contributed by atoms with Gasteiger partial charge in [0.05, 0.1) is 10.6 Å². The maximum absolute atomic E-state index is 12.4. The van der Waals surface area contributed by atoms with E-state index in [1.54, 1.807) is 18.2 Å². The van der Waals surface area contributed by atoms with Crippen LogP contribution in [0.1, 0.15) is 36.5 Å². The van der Waals surface area contributed by atoms with Crippen molar-refractivity contribution in [2.45, 2.75) is 31.1 Å². The monoisotopic (exact) mass is 283 g/mol. The summed E-state index contributed by atoms with van der Waals surface area (Å²) in [5.41, 5.74) is 0.568. The van der Waals surface area contributed by atoms with Crippen molar-refractivity contribution < 1.29 is 4.79 Å². The predicted octanol–water partition coefficient (Wildman–Crippen LogP) is 3.89. The first kappa shape index (κ1) is 13.8. The minimum Gasteiger partial charge on any atom is -0.339 e. The Hall–Kier alpha value is -0.670. The fourth-order valence-electron chi connectivity index (χ4n) is 2.31. The van der Waals surface area contributed by atoms with Crippen molar-refractivity contribution >= 4 is 30.1 Å². The lowest BCUT2D eigenvalue weighted by Gasteiger charge is -2.21. The Morgan fingerprint density at radius 2 is 2.17 bits per heavy atom. The van der Waals surface area contributed by atoms with Crippen molar-refractivity contribution in [2.75, 3.05) is 13.1 Å². The second-order valence-electron chi connectivity index (χ2n) is 4.99. The molecule has 1 amide bonds. The van der Waals surface area contributed by atoms with E-state index in [9.17, 15) is 4.79 Å². The second kappa shape index (κ2) is 5.98. The number of hydrogen-bond donors (Lipinski definition) is 1. The number of rotatable bonds is 1. The van der Waals surface area contributed by atoms with Crippen LogP contribution in [0, 0.1) is 5.92 Å². The SMILES string of the molecule is CC1CCCN(C(=O)c2cc(S)ccc2Cl)CC1. The van der Waals surface area contributed by atoms with Crippen LogP contribution in [0.5, 0.6) is 0 Å². The van der Waals surface area contributed by atoms with Gasteiger partial charge in [0, 0.05) is 18.0 Å². The van der Waals surface area contributed by atoms with E-state index in [0.29, 0.717) is 16.5 Å². The molecule has 1 heterocycles. The van der Waals surface area contributed by atoms with Gasteiger partial charge in [-0.1, -0.05) is 18.5 Å². The Bertz CT molecular complexity index is 449. The first-order valence-corrected chi connectivity index (χ1v) is 7.18. The second-order valence-corrected chi connectivity index (χ2v) is 5.92. The van der Waals surface area contributed by atoms with Crippen LogP contribution in [-0.2, 0) is 0 Å². The number of carbonyl (C=O) groups is 1. The normalized spacial score (nSPS) is 20.6. The fourth-order valence-corrected chi connectivity index (χ4v) is 2.72. The van der Waals surface area contributed by atoms with E-state index in [2.05, 4.69) is 19.6 Å². The molecule has 0 saturated carbocycles. The third-order valence-corrected chi connectivity index (χ3v) is 4.09. The zero-order valence-electron chi connectivity index (χ0n) is 10.5. The minimum atomic E-state index is 0.0324. The van der Waals surface area contributed by atoms with E-state index in [4.69, 9.17) is 11.6 Å². The number of carbonyl (C=O) groups excluding carboxylic acids is 1. The van der Waals surface area contributed by atoms with Gasteiger partial charge < -0.3 is 4.90 Å². The molecule has 1 aromatic rings. The van der Waals surface area contributed by atoms with Crippen LogP contribution < -0.4 is 0 Å². The highest BCUT2D eigenvalue weighted by atomic mass is 35.5. The highest BCUT2D eigenvalue weighted by Crippen LogP contribution is 2.23. The van der Waals surface area contributed by atoms with Gasteiger partial charge in [0.1, 0.15) is 0 Å². The molecular weight excluding hydrogens is 266 g/mol. The summed E-state index contributed by atoms with van der Waals surface area (Å²) in [5.74, 6) is 0.736. The van der Waals surface area contributed by atoms with Gasteiger partial charge in [-0.05, 0) is 43.4 Å². The zero-order chi connectivity index (χ0) is 13.1. The highest BCUT2D eigenvalue weighted by molar-refractivity contribution is 7.80. The number of nitrogens with zero attached hydrogens (tertiary/aromatic N) is 1. The van der Waals surface area contributed by atoms with E-state index >= 15 is 0 Å². The first-order chi connectivity index (χ1) is 8.58. The Labute approximate surface area is 119 Å². The number of hydrogen-bond acceptors (Lipinski definition) is 2.